The molecule has 0 aromatic carbocycles. The van der Waals surface area contributed by atoms with E-state index in [9.17, 15) is 5.11 Å². The van der Waals surface area contributed by atoms with Gasteiger partial charge in [-0.25, -0.2) is 0 Å². The van der Waals surface area contributed by atoms with Crippen molar-refractivity contribution in [3.63, 3.8) is 0 Å². The molecule has 11 heavy (non-hydrogen) atoms. The number of nitrogens with two attached hydrogens (primary N) is 1. The highest BCUT2D eigenvalue weighted by Crippen LogP contribution is 2.04. The lowest BCUT2D eigenvalue weighted by molar-refractivity contribution is -0.716. The largest absolute Gasteiger partial charge is 0.390 e. The van der Waals surface area contributed by atoms with Crippen LogP contribution in [0.25, 0.3) is 0 Å². The molecule has 5 nitrogen and oxygen atoms in total. The minimum absolute atomic E-state index is 0.190. The van der Waals surface area contributed by atoms with E-state index in [1.165, 1.54) is 0 Å². The summed E-state index contributed by atoms with van der Waals surface area (Å²) in [4.78, 5) is 0. The summed E-state index contributed by atoms with van der Waals surface area (Å²) in [5.74, 6) is 0. The fourth-order valence-corrected chi connectivity index (χ4v) is 1.26. The Morgan fingerprint density at radius 1 is 1.18 bits per heavy atom. The second-order valence-corrected chi connectivity index (χ2v) is 2.87. The lowest BCUT2D eigenvalue weighted by Gasteiger charge is -2.31. The average Bonchev–Trinajstić information content (AvgIpc) is 2.01. The minimum atomic E-state index is -1.13. The molecule has 0 aliphatic carbocycles. The maximum atomic E-state index is 9.21. The molecule has 1 rings (SSSR count). The molecule has 4 atom stereocenters. The topological polar surface area (TPSA) is 97.5 Å². The van der Waals surface area contributed by atoms with Crippen LogP contribution in [-0.2, 0) is 0 Å². The first-order chi connectivity index (χ1) is 5.16. The van der Waals surface area contributed by atoms with E-state index in [4.69, 9.17) is 15.3 Å². The van der Waals surface area contributed by atoms with Gasteiger partial charge in [-0.05, 0) is 0 Å². The molecule has 5 heteroatoms. The summed E-state index contributed by atoms with van der Waals surface area (Å²) in [5.41, 5.74) is 0. The first-order valence-electron chi connectivity index (χ1n) is 3.65. The molecule has 0 aromatic rings. The predicted octanol–water partition coefficient (Wildman–Crippen LogP) is -3.99. The number of quaternary nitrogens is 1. The zero-order valence-corrected chi connectivity index (χ0v) is 6.09. The van der Waals surface area contributed by atoms with Gasteiger partial charge in [0.25, 0.3) is 0 Å². The van der Waals surface area contributed by atoms with E-state index < -0.39 is 24.4 Å². The van der Waals surface area contributed by atoms with Crippen molar-refractivity contribution >= 4 is 0 Å². The van der Waals surface area contributed by atoms with E-state index in [0.29, 0.717) is 6.54 Å². The highest BCUT2D eigenvalue weighted by atomic mass is 16.4. The van der Waals surface area contributed by atoms with Crippen molar-refractivity contribution in [2.24, 2.45) is 0 Å². The summed E-state index contributed by atoms with van der Waals surface area (Å²) in [6, 6.07) is -0.409. The molecule has 0 unspecified atom stereocenters. The minimum Gasteiger partial charge on any atom is -0.390 e. The standard InChI is InChI=1S/C6H13NO4/c8-2-3-5(10)6(11)4(9)1-7-3/h3-11H,1-2H2/p+1/t3-,4+,5-,6-/m1/s1. The Morgan fingerprint density at radius 2 is 1.82 bits per heavy atom. The summed E-state index contributed by atoms with van der Waals surface area (Å²) in [6.07, 6.45) is -3.06. The molecule has 0 bridgehead atoms. The van der Waals surface area contributed by atoms with Crippen LogP contribution in [0.15, 0.2) is 0 Å². The van der Waals surface area contributed by atoms with Gasteiger partial charge < -0.3 is 25.7 Å². The van der Waals surface area contributed by atoms with Gasteiger partial charge in [0.1, 0.15) is 30.9 Å². The van der Waals surface area contributed by atoms with Crippen molar-refractivity contribution in [2.45, 2.75) is 24.4 Å². The zero-order chi connectivity index (χ0) is 8.43. The van der Waals surface area contributed by atoms with Crippen molar-refractivity contribution in [1.29, 1.82) is 0 Å². The van der Waals surface area contributed by atoms with Gasteiger partial charge >= 0.3 is 0 Å². The van der Waals surface area contributed by atoms with Crippen LogP contribution in [-0.4, -0.2) is 57.9 Å². The first kappa shape index (κ1) is 8.89. The van der Waals surface area contributed by atoms with Gasteiger partial charge in [0, 0.05) is 0 Å². The molecular weight excluding hydrogens is 150 g/mol. The summed E-state index contributed by atoms with van der Waals surface area (Å²) >= 11 is 0. The molecule has 6 N–H and O–H groups in total. The van der Waals surface area contributed by atoms with E-state index in [1.54, 1.807) is 5.32 Å². The van der Waals surface area contributed by atoms with Crippen LogP contribution in [0.3, 0.4) is 0 Å². The summed E-state index contributed by atoms with van der Waals surface area (Å²) in [6.45, 7) is 0.133. The van der Waals surface area contributed by atoms with Crippen LogP contribution in [0.5, 0.6) is 0 Å². The normalized spacial score (nSPS) is 45.8. The Bertz CT molecular complexity index is 130. The fraction of sp³-hybridized carbons (Fsp3) is 1.00. The molecule has 0 amide bonds. The van der Waals surface area contributed by atoms with Gasteiger partial charge in [-0.2, -0.15) is 0 Å². The Balaban J connectivity index is 2.52. The molecule has 1 saturated heterocycles. The van der Waals surface area contributed by atoms with E-state index in [2.05, 4.69) is 0 Å². The Hall–Kier alpha value is -0.200. The molecule has 1 aliphatic rings. The lowest BCUT2D eigenvalue weighted by Crippen LogP contribution is -2.99. The molecular formula is C6H14NO4+. The van der Waals surface area contributed by atoms with Gasteiger partial charge in [0.05, 0.1) is 6.61 Å². The maximum absolute atomic E-state index is 9.21. The average molecular weight is 164 g/mol. The molecule has 0 spiro atoms. The van der Waals surface area contributed by atoms with Crippen molar-refractivity contribution in [3.8, 4) is 0 Å². The quantitative estimate of drug-likeness (QED) is 0.273. The van der Waals surface area contributed by atoms with Crippen molar-refractivity contribution < 1.29 is 25.7 Å². The van der Waals surface area contributed by atoms with Gasteiger partial charge in [-0.15, -0.1) is 0 Å². The van der Waals surface area contributed by atoms with Crippen LogP contribution < -0.4 is 5.32 Å². The number of piperidine rings is 1. The fourth-order valence-electron chi connectivity index (χ4n) is 1.26. The van der Waals surface area contributed by atoms with Crippen molar-refractivity contribution in [3.05, 3.63) is 0 Å². The third-order valence-electron chi connectivity index (χ3n) is 2.07. The Kier molecular flexibility index (Phi) is 2.80. The SMILES string of the molecule is OC[C@H]1[NH2+]C[C@H](O)[C@@H](O)[C@@H]1O. The van der Waals surface area contributed by atoms with Gasteiger partial charge in [-0.1, -0.05) is 0 Å². The second-order valence-electron chi connectivity index (χ2n) is 2.87. The predicted molar refractivity (Wildman–Crippen MR) is 35.7 cm³/mol. The van der Waals surface area contributed by atoms with Crippen LogP contribution in [0, 0.1) is 0 Å². The third-order valence-corrected chi connectivity index (χ3v) is 2.07. The highest BCUT2D eigenvalue weighted by molar-refractivity contribution is 4.82. The van der Waals surface area contributed by atoms with E-state index >= 15 is 0 Å². The maximum Gasteiger partial charge on any atom is 0.138 e. The van der Waals surface area contributed by atoms with Crippen molar-refractivity contribution in [1.82, 2.24) is 0 Å². The molecule has 0 radical (unpaired) electrons. The molecule has 1 aliphatic heterocycles. The lowest BCUT2D eigenvalue weighted by atomic mass is 9.97. The van der Waals surface area contributed by atoms with Crippen molar-refractivity contribution in [2.75, 3.05) is 13.2 Å². The highest BCUT2D eigenvalue weighted by Gasteiger charge is 2.38. The molecule has 0 aromatic heterocycles. The second kappa shape index (κ2) is 3.46. The molecule has 66 valence electrons. The monoisotopic (exact) mass is 164 g/mol. The Labute approximate surface area is 64.3 Å². The molecule has 1 heterocycles. The number of rotatable bonds is 1. The number of hydrogen-bond donors (Lipinski definition) is 5. The summed E-state index contributed by atoms with van der Waals surface area (Å²) < 4.78 is 0. The number of aliphatic hydroxyl groups is 4. The summed E-state index contributed by atoms with van der Waals surface area (Å²) in [7, 11) is 0. The van der Waals surface area contributed by atoms with E-state index in [-0.39, 0.29) is 6.61 Å². The smallest absolute Gasteiger partial charge is 0.138 e. The zero-order valence-electron chi connectivity index (χ0n) is 6.09. The third kappa shape index (κ3) is 1.69. The van der Waals surface area contributed by atoms with Gasteiger partial charge in [0.15, 0.2) is 0 Å². The summed E-state index contributed by atoms with van der Waals surface area (Å²) in [5, 5.41) is 37.7. The van der Waals surface area contributed by atoms with Crippen LogP contribution >= 0.6 is 0 Å². The van der Waals surface area contributed by atoms with Gasteiger partial charge in [0.2, 0.25) is 0 Å². The Morgan fingerprint density at radius 3 is 2.36 bits per heavy atom. The van der Waals surface area contributed by atoms with E-state index in [0.717, 1.165) is 0 Å². The molecule has 0 saturated carbocycles. The van der Waals surface area contributed by atoms with Crippen LogP contribution in [0.1, 0.15) is 0 Å². The first-order valence-corrected chi connectivity index (χ1v) is 3.65. The van der Waals surface area contributed by atoms with Gasteiger partial charge in [-0.3, -0.25) is 0 Å². The van der Waals surface area contributed by atoms with E-state index in [1.807, 2.05) is 0 Å². The molecule has 1 fully saturated rings. The van der Waals surface area contributed by atoms with Crippen LogP contribution in [0.4, 0.5) is 0 Å². The van der Waals surface area contributed by atoms with Crippen LogP contribution in [0.2, 0.25) is 0 Å². The number of aliphatic hydroxyl groups excluding tert-OH is 4. The number of hydrogen-bond acceptors (Lipinski definition) is 4.